The van der Waals surface area contributed by atoms with Crippen molar-refractivity contribution < 1.29 is 9.72 Å². The lowest BCUT2D eigenvalue weighted by molar-refractivity contribution is -0.384. The van der Waals surface area contributed by atoms with Gasteiger partial charge in [0.1, 0.15) is 0 Å². The number of hydrazone groups is 1. The van der Waals surface area contributed by atoms with Crippen molar-refractivity contribution in [1.29, 1.82) is 0 Å². The normalized spacial score (nSPS) is 10.9. The maximum atomic E-state index is 11.9. The van der Waals surface area contributed by atoms with Gasteiger partial charge in [-0.1, -0.05) is 42.1 Å². The summed E-state index contributed by atoms with van der Waals surface area (Å²) in [4.78, 5) is 22.0. The molecule has 0 bridgehead atoms. The maximum absolute atomic E-state index is 11.9. The molecule has 1 aromatic heterocycles. The highest BCUT2D eigenvalue weighted by molar-refractivity contribution is 7.99. The van der Waals surface area contributed by atoms with Crippen LogP contribution in [0.5, 0.6) is 0 Å². The summed E-state index contributed by atoms with van der Waals surface area (Å²) < 4.78 is 1.33. The summed E-state index contributed by atoms with van der Waals surface area (Å²) in [5.74, 6) is 6.18. The van der Waals surface area contributed by atoms with Crippen LogP contribution in [-0.2, 0) is 4.79 Å². The van der Waals surface area contributed by atoms with Gasteiger partial charge in [-0.2, -0.15) is 5.10 Å². The van der Waals surface area contributed by atoms with E-state index in [0.29, 0.717) is 16.5 Å². The largest absolute Gasteiger partial charge is 0.335 e. The molecule has 0 unspecified atom stereocenters. The van der Waals surface area contributed by atoms with E-state index in [9.17, 15) is 14.9 Å². The van der Waals surface area contributed by atoms with Crippen molar-refractivity contribution in [3.05, 3.63) is 70.3 Å². The Morgan fingerprint density at radius 2 is 1.93 bits per heavy atom. The quantitative estimate of drug-likeness (QED) is 0.204. The van der Waals surface area contributed by atoms with Crippen molar-refractivity contribution in [3.8, 4) is 11.4 Å². The van der Waals surface area contributed by atoms with Crippen LogP contribution in [0.3, 0.4) is 0 Å². The van der Waals surface area contributed by atoms with Gasteiger partial charge in [-0.25, -0.2) is 10.1 Å². The van der Waals surface area contributed by atoms with E-state index < -0.39 is 4.92 Å². The predicted molar refractivity (Wildman–Crippen MR) is 105 cm³/mol. The number of nitrogens with zero attached hydrogens (tertiary/aromatic N) is 5. The Hall–Kier alpha value is -3.73. The van der Waals surface area contributed by atoms with Gasteiger partial charge in [-0.05, 0) is 17.7 Å². The Bertz CT molecular complexity index is 1000. The highest BCUT2D eigenvalue weighted by Gasteiger charge is 2.13. The van der Waals surface area contributed by atoms with Crippen molar-refractivity contribution in [2.45, 2.75) is 5.16 Å². The number of rotatable bonds is 7. The van der Waals surface area contributed by atoms with Crippen molar-refractivity contribution in [2.24, 2.45) is 5.10 Å². The monoisotopic (exact) mass is 397 g/mol. The van der Waals surface area contributed by atoms with Crippen LogP contribution in [-0.4, -0.2) is 37.7 Å². The number of hydrogen-bond acceptors (Lipinski definition) is 8. The molecule has 0 radical (unpaired) electrons. The van der Waals surface area contributed by atoms with Gasteiger partial charge in [-0.15, -0.1) is 10.2 Å². The zero-order valence-corrected chi connectivity index (χ0v) is 15.2. The minimum absolute atomic E-state index is 0.0154. The first-order valence-electron chi connectivity index (χ1n) is 7.99. The van der Waals surface area contributed by atoms with Gasteiger partial charge in [0.25, 0.3) is 11.6 Å². The Labute approximate surface area is 163 Å². The lowest BCUT2D eigenvalue weighted by Crippen LogP contribution is -2.20. The van der Waals surface area contributed by atoms with E-state index in [1.54, 1.807) is 0 Å². The third-order valence-electron chi connectivity index (χ3n) is 3.54. The van der Waals surface area contributed by atoms with Crippen LogP contribution in [0, 0.1) is 10.1 Å². The number of aromatic nitrogens is 3. The maximum Gasteiger partial charge on any atom is 0.269 e. The average Bonchev–Trinajstić information content (AvgIpc) is 3.08. The molecule has 3 aromatic rings. The van der Waals surface area contributed by atoms with E-state index in [4.69, 9.17) is 5.84 Å². The van der Waals surface area contributed by atoms with E-state index in [2.05, 4.69) is 20.7 Å². The molecule has 3 N–H and O–H groups in total. The van der Waals surface area contributed by atoms with Crippen molar-refractivity contribution in [3.63, 3.8) is 0 Å². The van der Waals surface area contributed by atoms with Gasteiger partial charge in [0, 0.05) is 17.7 Å². The standard InChI is InChI=1S/C17H15N7O3S/c18-23-16(13-4-2-1-3-5-13)21-22-17(23)28-11-15(25)20-19-10-12-6-8-14(9-7-12)24(26)27/h1-10H,11,18H2,(H,20,25)/b19-10+. The number of nitrogen functional groups attached to an aromatic ring is 1. The third kappa shape index (κ3) is 4.71. The molecule has 0 spiro atoms. The summed E-state index contributed by atoms with van der Waals surface area (Å²) in [7, 11) is 0. The zero-order chi connectivity index (χ0) is 19.9. The fourth-order valence-electron chi connectivity index (χ4n) is 2.18. The summed E-state index contributed by atoms with van der Waals surface area (Å²) in [6, 6.07) is 15.1. The number of nitrogens with two attached hydrogens (primary N) is 1. The highest BCUT2D eigenvalue weighted by atomic mass is 32.2. The molecule has 1 heterocycles. The van der Waals surface area contributed by atoms with Gasteiger partial charge < -0.3 is 5.84 Å². The van der Waals surface area contributed by atoms with E-state index in [1.807, 2.05) is 30.3 Å². The van der Waals surface area contributed by atoms with Gasteiger partial charge in [0.05, 0.1) is 16.9 Å². The molecule has 2 aromatic carbocycles. The Kier molecular flexibility index (Phi) is 5.97. The Morgan fingerprint density at radius 1 is 1.21 bits per heavy atom. The topological polar surface area (TPSA) is 141 Å². The summed E-state index contributed by atoms with van der Waals surface area (Å²) in [6.07, 6.45) is 1.39. The molecule has 0 atom stereocenters. The number of hydrogen-bond donors (Lipinski definition) is 2. The van der Waals surface area contributed by atoms with Gasteiger partial charge in [0.2, 0.25) is 5.16 Å². The summed E-state index contributed by atoms with van der Waals surface area (Å²) in [6.45, 7) is 0. The van der Waals surface area contributed by atoms with Crippen LogP contribution < -0.4 is 11.3 Å². The van der Waals surface area contributed by atoms with Crippen LogP contribution in [0.15, 0.2) is 64.9 Å². The number of nitrogens with one attached hydrogen (secondary N) is 1. The average molecular weight is 397 g/mol. The molecule has 142 valence electrons. The van der Waals surface area contributed by atoms with Crippen LogP contribution in [0.2, 0.25) is 0 Å². The lowest BCUT2D eigenvalue weighted by atomic mass is 10.2. The Balaban J connectivity index is 1.52. The van der Waals surface area contributed by atoms with Gasteiger partial charge in [0.15, 0.2) is 5.82 Å². The number of benzene rings is 2. The number of nitro groups is 1. The number of non-ortho nitro benzene ring substituents is 1. The molecule has 28 heavy (non-hydrogen) atoms. The molecule has 0 saturated carbocycles. The summed E-state index contributed by atoms with van der Waals surface area (Å²) in [5.41, 5.74) is 3.80. The summed E-state index contributed by atoms with van der Waals surface area (Å²) >= 11 is 1.13. The van der Waals surface area contributed by atoms with Crippen molar-refractivity contribution >= 4 is 29.6 Å². The first-order valence-corrected chi connectivity index (χ1v) is 8.98. The summed E-state index contributed by atoms with van der Waals surface area (Å²) in [5, 5.41) is 22.9. The molecule has 10 nitrogen and oxygen atoms in total. The molecule has 3 rings (SSSR count). The number of amides is 1. The molecule has 0 aliphatic heterocycles. The van der Waals surface area contributed by atoms with Crippen LogP contribution in [0.25, 0.3) is 11.4 Å². The molecule has 0 saturated heterocycles. The van der Waals surface area contributed by atoms with Crippen LogP contribution in [0.1, 0.15) is 5.56 Å². The van der Waals surface area contributed by atoms with E-state index in [1.165, 1.54) is 35.2 Å². The van der Waals surface area contributed by atoms with Crippen LogP contribution >= 0.6 is 11.8 Å². The number of thioether (sulfide) groups is 1. The second-order valence-electron chi connectivity index (χ2n) is 5.47. The fourth-order valence-corrected chi connectivity index (χ4v) is 2.83. The predicted octanol–water partition coefficient (Wildman–Crippen LogP) is 1.81. The van der Waals surface area contributed by atoms with E-state index in [-0.39, 0.29) is 17.3 Å². The van der Waals surface area contributed by atoms with E-state index in [0.717, 1.165) is 17.3 Å². The first-order chi connectivity index (χ1) is 13.5. The molecule has 0 fully saturated rings. The fraction of sp³-hybridized carbons (Fsp3) is 0.0588. The SMILES string of the molecule is Nn1c(SCC(=O)N/N=C/c2ccc([N+](=O)[O-])cc2)nnc1-c1ccccc1. The molecular formula is C17H15N7O3S. The second-order valence-corrected chi connectivity index (χ2v) is 6.42. The minimum Gasteiger partial charge on any atom is -0.335 e. The number of carbonyl (C=O) groups excluding carboxylic acids is 1. The smallest absolute Gasteiger partial charge is 0.269 e. The van der Waals surface area contributed by atoms with E-state index >= 15 is 0 Å². The zero-order valence-electron chi connectivity index (χ0n) is 14.4. The van der Waals surface area contributed by atoms with Crippen molar-refractivity contribution in [1.82, 2.24) is 20.3 Å². The van der Waals surface area contributed by atoms with Crippen LogP contribution in [0.4, 0.5) is 5.69 Å². The Morgan fingerprint density at radius 3 is 2.61 bits per heavy atom. The molecule has 11 heteroatoms. The molecular weight excluding hydrogens is 382 g/mol. The van der Waals surface area contributed by atoms with Crippen molar-refractivity contribution in [2.75, 3.05) is 11.6 Å². The number of nitro benzene ring substituents is 1. The highest BCUT2D eigenvalue weighted by Crippen LogP contribution is 2.21. The first kappa shape index (κ1) is 19.0. The lowest BCUT2D eigenvalue weighted by Gasteiger charge is -2.03. The molecule has 1 amide bonds. The second kappa shape index (κ2) is 8.77. The third-order valence-corrected chi connectivity index (χ3v) is 4.48. The molecule has 0 aliphatic rings. The minimum atomic E-state index is -0.487. The van der Waals surface area contributed by atoms with Gasteiger partial charge >= 0.3 is 0 Å². The van der Waals surface area contributed by atoms with Gasteiger partial charge in [-0.3, -0.25) is 14.9 Å². The number of carbonyl (C=O) groups is 1. The molecule has 0 aliphatic carbocycles.